The van der Waals surface area contributed by atoms with Gasteiger partial charge in [0, 0.05) is 47.1 Å². The van der Waals surface area contributed by atoms with Crippen LogP contribution in [0.2, 0.25) is 5.02 Å². The van der Waals surface area contributed by atoms with E-state index >= 15 is 8.78 Å². The summed E-state index contributed by atoms with van der Waals surface area (Å²) in [6.07, 6.45) is -11.1. The van der Waals surface area contributed by atoms with E-state index in [-0.39, 0.29) is 43.5 Å². The van der Waals surface area contributed by atoms with Crippen LogP contribution in [0.5, 0.6) is 0 Å². The molecule has 0 saturated heterocycles. The van der Waals surface area contributed by atoms with Crippen LogP contribution in [-0.4, -0.2) is 111 Å². The fourth-order valence-electron chi connectivity index (χ4n) is 8.63. The number of sulfone groups is 1. The molecule has 4 atom stereocenters. The molecule has 0 bridgehead atoms. The smallest absolute Gasteiger partial charge is 0.435 e. The number of carboxylic acids is 2. The highest BCUT2D eigenvalue weighted by molar-refractivity contribution is 7.93. The average Bonchev–Trinajstić information content (AvgIpc) is 2.91. The van der Waals surface area contributed by atoms with E-state index in [2.05, 4.69) is 32.3 Å². The molecule has 79 heavy (non-hydrogen) atoms. The molecule has 32 heteroatoms. The van der Waals surface area contributed by atoms with Gasteiger partial charge in [0.25, 0.3) is 11.8 Å². The Morgan fingerprint density at radius 2 is 1.54 bits per heavy atom. The second-order valence-electron chi connectivity index (χ2n) is 18.7. The van der Waals surface area contributed by atoms with Crippen molar-refractivity contribution in [2.45, 2.75) is 87.2 Å². The van der Waals surface area contributed by atoms with E-state index in [1.54, 1.807) is 5.32 Å². The van der Waals surface area contributed by atoms with E-state index in [0.717, 1.165) is 42.7 Å². The number of rotatable bonds is 17. The number of pyridine rings is 1. The Balaban J connectivity index is 1.46. The molecule has 2 aromatic carbocycles. The maximum Gasteiger partial charge on any atom is 0.435 e. The van der Waals surface area contributed by atoms with Crippen LogP contribution in [0.25, 0.3) is 22.0 Å². The maximum atomic E-state index is 15.6. The molecule has 0 spiro atoms. The SMILES string of the molecule is CC(C)(C#Cc1ccc(-c2ccc(Cl)c3c(N(C(=O)/C=C/C(=O)N[C@@H](CC(=O)O)C(=O)O)S(C)(=O)=O)nn(CC(F)(F)F)c23)c([C@H](Cc2cc(F)cc(F)c2)NC(=O)Cn2nc(C(F)(F)F)c3c2C(F)(F)C2C[C@H]32)n1)S(C)(=O)=O. The van der Waals surface area contributed by atoms with Gasteiger partial charge >= 0.3 is 24.3 Å². The van der Waals surface area contributed by atoms with Gasteiger partial charge in [-0.3, -0.25) is 28.5 Å². The van der Waals surface area contributed by atoms with Crippen LogP contribution in [0.4, 0.5) is 49.7 Å². The number of amides is 3. The number of aliphatic carboxylic acids is 2. The fourth-order valence-corrected chi connectivity index (χ4v) is 9.94. The van der Waals surface area contributed by atoms with Gasteiger partial charge in [-0.25, -0.2) is 35.4 Å². The zero-order valence-corrected chi connectivity index (χ0v) is 43.2. The van der Waals surface area contributed by atoms with Gasteiger partial charge in [0.15, 0.2) is 21.3 Å². The van der Waals surface area contributed by atoms with Crippen molar-refractivity contribution in [2.24, 2.45) is 5.92 Å². The second-order valence-corrected chi connectivity index (χ2v) is 23.5. The first-order chi connectivity index (χ1) is 36.3. The Hall–Kier alpha value is -7.59. The summed E-state index contributed by atoms with van der Waals surface area (Å²) < 4.78 is 198. The number of anilines is 1. The van der Waals surface area contributed by atoms with Crippen molar-refractivity contribution in [1.82, 2.24) is 35.2 Å². The monoisotopic (exact) mass is 1180 g/mol. The number of carbonyl (C=O) groups excluding carboxylic acids is 3. The summed E-state index contributed by atoms with van der Waals surface area (Å²) in [5.41, 5.74) is -6.65. The molecule has 5 aromatic rings. The molecule has 1 saturated carbocycles. The minimum atomic E-state index is -5.27. The Kier molecular flexibility index (Phi) is 15.6. The predicted molar refractivity (Wildman–Crippen MR) is 256 cm³/mol. The summed E-state index contributed by atoms with van der Waals surface area (Å²) in [6, 6.07) is 2.09. The molecule has 1 unspecified atom stereocenters. The Labute approximate surface area is 444 Å². The van der Waals surface area contributed by atoms with Crippen LogP contribution in [0.3, 0.4) is 0 Å². The third-order valence-corrected chi connectivity index (χ3v) is 15.7. The van der Waals surface area contributed by atoms with Gasteiger partial charge in [-0.15, -0.1) is 0 Å². The van der Waals surface area contributed by atoms with Crippen LogP contribution in [-0.2, 0) is 75.4 Å². The van der Waals surface area contributed by atoms with Gasteiger partial charge in [-0.1, -0.05) is 23.6 Å². The second kappa shape index (κ2) is 20.9. The number of benzene rings is 2. The lowest BCUT2D eigenvalue weighted by Crippen LogP contribution is -2.41. The lowest BCUT2D eigenvalue weighted by Gasteiger charge is -2.23. The number of aromatic nitrogens is 5. The molecule has 3 heterocycles. The van der Waals surface area contributed by atoms with E-state index in [9.17, 15) is 81.0 Å². The van der Waals surface area contributed by atoms with Crippen molar-refractivity contribution in [2.75, 3.05) is 16.8 Å². The maximum absolute atomic E-state index is 15.6. The highest BCUT2D eigenvalue weighted by Gasteiger charge is 2.68. The standard InChI is InChI=1S/C47H39ClF10N8O11S2/c1-44(2,78(3,74)75)12-11-24-5-6-25(38(59-24)30(15-21-13-22(49)16-23(50)14-21)60-33(68)19-64-41-36(40(62-64)47(56,57)58)27-17-28(27)46(41,54)55)26-7-8-29(48)37-39(26)65(20-45(51,52)53)63-42(37)66(79(4,76)77)34(69)10-9-32(67)61-31(43(72)73)18-35(70)71/h5-10,13-14,16,27-28,30-31H,15,17-20H2,1-4H3,(H,60,68)(H,61,67)(H,70,71)(H,72,73)/b10-9+/t27-,28?,30-,31-/m0/s1. The Morgan fingerprint density at radius 3 is 2.11 bits per heavy atom. The summed E-state index contributed by atoms with van der Waals surface area (Å²) in [6.45, 7) is -1.09. The van der Waals surface area contributed by atoms with E-state index in [1.807, 2.05) is 0 Å². The number of nitrogens with zero attached hydrogens (tertiary/aromatic N) is 6. The first kappa shape index (κ1) is 59.1. The quantitative estimate of drug-likeness (QED) is 0.0460. The minimum Gasteiger partial charge on any atom is -0.481 e. The summed E-state index contributed by atoms with van der Waals surface area (Å²) >= 11 is 6.60. The number of carbonyl (C=O) groups is 5. The summed E-state index contributed by atoms with van der Waals surface area (Å²) in [4.78, 5) is 67.7. The zero-order valence-electron chi connectivity index (χ0n) is 40.8. The highest BCUT2D eigenvalue weighted by atomic mass is 35.5. The summed E-state index contributed by atoms with van der Waals surface area (Å²) in [5, 5.41) is 28.2. The zero-order chi connectivity index (χ0) is 58.9. The van der Waals surface area contributed by atoms with Crippen LogP contribution >= 0.6 is 11.6 Å². The van der Waals surface area contributed by atoms with Crippen molar-refractivity contribution < 1.29 is 94.9 Å². The van der Waals surface area contributed by atoms with Crippen LogP contribution < -0.4 is 14.9 Å². The molecule has 2 aliphatic rings. The van der Waals surface area contributed by atoms with Crippen molar-refractivity contribution in [3.63, 3.8) is 0 Å². The number of hydrogen-bond donors (Lipinski definition) is 4. The lowest BCUT2D eigenvalue weighted by atomic mass is 9.93. The Bertz CT molecular complexity index is 3700. The molecule has 3 aromatic heterocycles. The van der Waals surface area contributed by atoms with Crippen LogP contribution in [0, 0.1) is 29.4 Å². The number of fused-ring (bicyclic) bond motifs is 4. The van der Waals surface area contributed by atoms with E-state index in [1.165, 1.54) is 13.8 Å². The molecule has 4 N–H and O–H groups in total. The van der Waals surface area contributed by atoms with E-state index < -0.39 is 190 Å². The molecule has 1 fully saturated rings. The molecule has 3 amide bonds. The normalized spacial score (nSPS) is 16.8. The molecule has 19 nitrogen and oxygen atoms in total. The number of halogens is 11. The van der Waals surface area contributed by atoms with Crippen molar-refractivity contribution in [1.29, 1.82) is 0 Å². The predicted octanol–water partition coefficient (Wildman–Crippen LogP) is 6.18. The molecule has 7 rings (SSSR count). The van der Waals surface area contributed by atoms with Crippen LogP contribution in [0.1, 0.15) is 72.6 Å². The number of hydrogen-bond acceptors (Lipinski definition) is 12. The number of alkyl halides is 8. The molecular weight excluding hydrogens is 1140 g/mol. The van der Waals surface area contributed by atoms with Gasteiger partial charge in [-0.2, -0.15) is 49.6 Å². The summed E-state index contributed by atoms with van der Waals surface area (Å²) in [5.74, 6) is -13.4. The van der Waals surface area contributed by atoms with Gasteiger partial charge in [0.2, 0.25) is 21.8 Å². The van der Waals surface area contributed by atoms with Gasteiger partial charge in [0.05, 0.1) is 40.3 Å². The number of sulfonamides is 1. The number of nitrogens with one attached hydrogen (secondary N) is 2. The number of carboxylic acid groups (broad SMARTS) is 2. The third-order valence-electron chi connectivity index (χ3n) is 12.4. The fraction of sp³-hybridized carbons (Fsp3) is 0.362. The van der Waals surface area contributed by atoms with Crippen molar-refractivity contribution in [3.8, 4) is 23.0 Å². The molecule has 0 radical (unpaired) electrons. The molecular formula is C47H39ClF10N8O11S2. The van der Waals surface area contributed by atoms with E-state index in [4.69, 9.17) is 16.7 Å². The molecule has 422 valence electrons. The van der Waals surface area contributed by atoms with Gasteiger partial charge < -0.3 is 20.8 Å². The van der Waals surface area contributed by atoms with Crippen molar-refractivity contribution >= 4 is 77.8 Å². The lowest BCUT2D eigenvalue weighted by molar-refractivity contribution is -0.146. The van der Waals surface area contributed by atoms with E-state index in [0.29, 0.717) is 12.3 Å². The van der Waals surface area contributed by atoms with Gasteiger partial charge in [-0.05, 0) is 74.4 Å². The topological polar surface area (TPSA) is 270 Å². The molecule has 0 aliphatic heterocycles. The first-order valence-electron chi connectivity index (χ1n) is 22.6. The largest absolute Gasteiger partial charge is 0.481 e. The first-order valence-corrected chi connectivity index (χ1v) is 26.7. The highest BCUT2D eigenvalue weighted by Crippen LogP contribution is 2.68. The summed E-state index contributed by atoms with van der Waals surface area (Å²) in [7, 11) is -9.04. The minimum absolute atomic E-state index is 0.125. The molecule has 2 aliphatic carbocycles. The van der Waals surface area contributed by atoms with Crippen LogP contribution in [0.15, 0.2) is 54.6 Å². The average molecular weight is 1180 g/mol. The van der Waals surface area contributed by atoms with Gasteiger partial charge in [0.1, 0.15) is 46.9 Å². The van der Waals surface area contributed by atoms with Crippen molar-refractivity contribution in [3.05, 3.63) is 105 Å². The third kappa shape index (κ3) is 12.6. The Morgan fingerprint density at radius 1 is 0.911 bits per heavy atom.